The minimum atomic E-state index is 0.328. The van der Waals surface area contributed by atoms with Gasteiger partial charge >= 0.3 is 0 Å². The van der Waals surface area contributed by atoms with E-state index in [2.05, 4.69) is 12.1 Å². The van der Waals surface area contributed by atoms with Crippen LogP contribution in [-0.2, 0) is 0 Å². The number of unbranched alkanes of at least 4 members (excludes halogenated alkanes) is 1. The van der Waals surface area contributed by atoms with E-state index in [0.29, 0.717) is 12.3 Å². The minimum absolute atomic E-state index is 0.328. The van der Waals surface area contributed by atoms with Crippen LogP contribution in [0.15, 0.2) is 5.16 Å². The molecule has 0 amide bonds. The van der Waals surface area contributed by atoms with E-state index in [1.807, 2.05) is 11.8 Å². The molecule has 0 radical (unpaired) electrons. The van der Waals surface area contributed by atoms with Crippen molar-refractivity contribution in [2.75, 3.05) is 11.5 Å². The van der Waals surface area contributed by atoms with Crippen LogP contribution < -0.4 is 5.73 Å². The molecule has 0 heterocycles. The number of thioether (sulfide) groups is 1. The predicted molar refractivity (Wildman–Crippen MR) is 50.3 cm³/mol. The van der Waals surface area contributed by atoms with Gasteiger partial charge in [0.2, 0.25) is 0 Å². The molecule has 0 aromatic rings. The summed E-state index contributed by atoms with van der Waals surface area (Å²) in [6.07, 6.45) is 3.17. The summed E-state index contributed by atoms with van der Waals surface area (Å²) in [5, 5.41) is 11.1. The van der Waals surface area contributed by atoms with E-state index in [9.17, 15) is 0 Å². The number of nitrogens with two attached hydrogens (primary N) is 1. The molecule has 0 bridgehead atoms. The highest BCUT2D eigenvalue weighted by Gasteiger charge is 1.92. The zero-order valence-electron chi connectivity index (χ0n) is 6.92. The molecule has 0 aromatic heterocycles. The van der Waals surface area contributed by atoms with Crippen LogP contribution in [0.1, 0.15) is 26.2 Å². The number of hydrogen-bond acceptors (Lipinski definition) is 3. The Balaban J connectivity index is 3.02. The number of amidine groups is 1. The largest absolute Gasteiger partial charge is 0.409 e. The van der Waals surface area contributed by atoms with Gasteiger partial charge in [0, 0.05) is 12.2 Å². The lowest BCUT2D eigenvalue weighted by Crippen LogP contribution is -2.12. The molecular weight excluding hydrogens is 160 g/mol. The Labute approximate surface area is 72.0 Å². The molecule has 0 atom stereocenters. The van der Waals surface area contributed by atoms with E-state index in [1.54, 1.807) is 0 Å². The molecule has 3 N–H and O–H groups in total. The second kappa shape index (κ2) is 7.72. The first-order chi connectivity index (χ1) is 5.31. The Hall–Kier alpha value is -0.380. The average molecular weight is 176 g/mol. The molecule has 66 valence electrons. The summed E-state index contributed by atoms with van der Waals surface area (Å²) in [5.74, 6) is 2.46. The molecule has 11 heavy (non-hydrogen) atoms. The molecular formula is C7H16N2OS. The fraction of sp³-hybridized carbons (Fsp3) is 0.857. The lowest BCUT2D eigenvalue weighted by molar-refractivity contribution is 0.317. The zero-order valence-corrected chi connectivity index (χ0v) is 7.73. The van der Waals surface area contributed by atoms with Crippen LogP contribution in [0, 0.1) is 0 Å². The van der Waals surface area contributed by atoms with Crippen LogP contribution in [0.2, 0.25) is 0 Å². The maximum Gasteiger partial charge on any atom is 0.139 e. The van der Waals surface area contributed by atoms with Gasteiger partial charge in [0.05, 0.1) is 0 Å². The maximum absolute atomic E-state index is 8.19. The lowest BCUT2D eigenvalue weighted by Gasteiger charge is -1.98. The van der Waals surface area contributed by atoms with Crippen molar-refractivity contribution in [2.24, 2.45) is 10.9 Å². The van der Waals surface area contributed by atoms with E-state index in [0.717, 1.165) is 5.75 Å². The maximum atomic E-state index is 8.19. The Morgan fingerprint density at radius 2 is 2.27 bits per heavy atom. The fourth-order valence-corrected chi connectivity index (χ4v) is 1.63. The number of rotatable bonds is 6. The van der Waals surface area contributed by atoms with Gasteiger partial charge in [-0.05, 0) is 12.2 Å². The van der Waals surface area contributed by atoms with Gasteiger partial charge in [-0.25, -0.2) is 0 Å². The summed E-state index contributed by atoms with van der Waals surface area (Å²) >= 11 is 1.85. The third kappa shape index (κ3) is 7.52. The highest BCUT2D eigenvalue weighted by atomic mass is 32.2. The van der Waals surface area contributed by atoms with Gasteiger partial charge in [0.25, 0.3) is 0 Å². The molecule has 0 saturated heterocycles. The highest BCUT2D eigenvalue weighted by Crippen LogP contribution is 2.05. The van der Waals surface area contributed by atoms with Crippen molar-refractivity contribution in [1.29, 1.82) is 0 Å². The second-order valence-corrected chi connectivity index (χ2v) is 3.53. The number of hydrogen-bond donors (Lipinski definition) is 2. The van der Waals surface area contributed by atoms with Crippen LogP contribution in [0.4, 0.5) is 0 Å². The SMILES string of the molecule is CCCCSCC/C(N)=N/O. The molecule has 0 aliphatic carbocycles. The monoisotopic (exact) mass is 176 g/mol. The molecule has 0 saturated carbocycles. The van der Waals surface area contributed by atoms with E-state index in [4.69, 9.17) is 10.9 Å². The summed E-state index contributed by atoms with van der Waals surface area (Å²) in [7, 11) is 0. The van der Waals surface area contributed by atoms with Gasteiger partial charge in [0.1, 0.15) is 5.84 Å². The van der Waals surface area contributed by atoms with E-state index < -0.39 is 0 Å². The van der Waals surface area contributed by atoms with Crippen LogP contribution in [0.25, 0.3) is 0 Å². The van der Waals surface area contributed by atoms with Gasteiger partial charge in [-0.3, -0.25) is 0 Å². The molecule has 0 aromatic carbocycles. The van der Waals surface area contributed by atoms with Crippen molar-refractivity contribution in [3.05, 3.63) is 0 Å². The molecule has 4 heteroatoms. The van der Waals surface area contributed by atoms with E-state index >= 15 is 0 Å². The van der Waals surface area contributed by atoms with Crippen LogP contribution in [0.5, 0.6) is 0 Å². The van der Waals surface area contributed by atoms with Crippen molar-refractivity contribution in [3.8, 4) is 0 Å². The summed E-state index contributed by atoms with van der Waals surface area (Å²) < 4.78 is 0. The standard InChI is InChI=1S/C7H16N2OS/c1-2-3-5-11-6-4-7(8)9-10/h10H,2-6H2,1H3,(H2,8,9). The third-order valence-electron chi connectivity index (χ3n) is 1.27. The Kier molecular flexibility index (Phi) is 7.46. The minimum Gasteiger partial charge on any atom is -0.409 e. The molecule has 0 aliphatic rings. The first kappa shape index (κ1) is 10.6. The first-order valence-electron chi connectivity index (χ1n) is 3.85. The third-order valence-corrected chi connectivity index (χ3v) is 2.34. The summed E-state index contributed by atoms with van der Waals surface area (Å²) in [5.41, 5.74) is 5.27. The zero-order chi connectivity index (χ0) is 8.53. The predicted octanol–water partition coefficient (Wildman–Crippen LogP) is 1.66. The highest BCUT2D eigenvalue weighted by molar-refractivity contribution is 7.99. The smallest absolute Gasteiger partial charge is 0.139 e. The number of oxime groups is 1. The van der Waals surface area contributed by atoms with E-state index in [1.165, 1.54) is 18.6 Å². The van der Waals surface area contributed by atoms with Gasteiger partial charge in [0.15, 0.2) is 0 Å². The number of nitrogens with zero attached hydrogens (tertiary/aromatic N) is 1. The molecule has 0 rings (SSSR count). The van der Waals surface area contributed by atoms with Gasteiger partial charge in [-0.2, -0.15) is 11.8 Å². The van der Waals surface area contributed by atoms with Gasteiger partial charge in [-0.15, -0.1) is 0 Å². The van der Waals surface area contributed by atoms with Crippen molar-refractivity contribution < 1.29 is 5.21 Å². The van der Waals surface area contributed by atoms with E-state index in [-0.39, 0.29) is 0 Å². The second-order valence-electron chi connectivity index (χ2n) is 2.31. The molecule has 0 aliphatic heterocycles. The van der Waals surface area contributed by atoms with Crippen molar-refractivity contribution in [1.82, 2.24) is 0 Å². The molecule has 0 spiro atoms. The van der Waals surface area contributed by atoms with Crippen LogP contribution >= 0.6 is 11.8 Å². The van der Waals surface area contributed by atoms with Crippen LogP contribution in [-0.4, -0.2) is 22.5 Å². The molecule has 0 fully saturated rings. The normalized spacial score (nSPS) is 11.9. The summed E-state index contributed by atoms with van der Waals surface area (Å²) in [6, 6.07) is 0. The quantitative estimate of drug-likeness (QED) is 0.213. The lowest BCUT2D eigenvalue weighted by atomic mass is 10.4. The van der Waals surface area contributed by atoms with Gasteiger partial charge in [-0.1, -0.05) is 18.5 Å². The summed E-state index contributed by atoms with van der Waals surface area (Å²) in [4.78, 5) is 0. The Morgan fingerprint density at radius 3 is 2.82 bits per heavy atom. The first-order valence-corrected chi connectivity index (χ1v) is 5.00. The Morgan fingerprint density at radius 1 is 1.55 bits per heavy atom. The average Bonchev–Trinajstić information content (AvgIpc) is 2.04. The Bertz CT molecular complexity index is 117. The molecule has 0 unspecified atom stereocenters. The summed E-state index contributed by atoms with van der Waals surface area (Å²) in [6.45, 7) is 2.17. The fourth-order valence-electron chi connectivity index (χ4n) is 0.575. The van der Waals surface area contributed by atoms with Crippen LogP contribution in [0.3, 0.4) is 0 Å². The van der Waals surface area contributed by atoms with Gasteiger partial charge < -0.3 is 10.9 Å². The molecule has 3 nitrogen and oxygen atoms in total. The van der Waals surface area contributed by atoms with Crippen molar-refractivity contribution in [3.63, 3.8) is 0 Å². The van der Waals surface area contributed by atoms with Crippen molar-refractivity contribution in [2.45, 2.75) is 26.2 Å². The van der Waals surface area contributed by atoms with Crippen molar-refractivity contribution >= 4 is 17.6 Å². The topological polar surface area (TPSA) is 58.6 Å².